The number of nitro groups is 1. The number of methoxy groups -OCH3 is 1. The lowest BCUT2D eigenvalue weighted by molar-refractivity contribution is -0.385. The number of anilines is 3. The number of nitrogen functional groups attached to an aromatic ring is 1. The van der Waals surface area contributed by atoms with Crippen molar-refractivity contribution in [2.24, 2.45) is 4.99 Å². The fourth-order valence-electron chi connectivity index (χ4n) is 2.55. The maximum Gasteiger partial charge on any atom is 0.272 e. The molecule has 2 aromatic carbocycles. The van der Waals surface area contributed by atoms with Crippen LogP contribution in [0.5, 0.6) is 5.88 Å². The summed E-state index contributed by atoms with van der Waals surface area (Å²) in [6.07, 6.45) is 1.81. The predicted octanol–water partition coefficient (Wildman–Crippen LogP) is 3.66. The standard InChI is InChI=1S/C19H18N6O3/c1-28-18-16(21-12-11-13-7-5-6-10-15(13)25(26)27)17(23-19(20)24-18)22-14-8-3-2-4-9-14/h2-10,12H,11H2,1H3,(H3,20,22,23,24). The van der Waals surface area contributed by atoms with Crippen LogP contribution in [0.25, 0.3) is 0 Å². The first-order chi connectivity index (χ1) is 13.6. The SMILES string of the molecule is COc1nc(N)nc(Nc2ccccc2)c1N=CCc1ccccc1[N+](=O)[O-]. The third-order valence-electron chi connectivity index (χ3n) is 3.82. The second-order valence-electron chi connectivity index (χ2n) is 5.68. The van der Waals surface area contributed by atoms with Gasteiger partial charge in [-0.2, -0.15) is 9.97 Å². The lowest BCUT2D eigenvalue weighted by Crippen LogP contribution is -2.03. The summed E-state index contributed by atoms with van der Waals surface area (Å²) in [7, 11) is 1.45. The number of benzene rings is 2. The normalized spacial score (nSPS) is 10.8. The maximum absolute atomic E-state index is 11.1. The van der Waals surface area contributed by atoms with Gasteiger partial charge in [0.1, 0.15) is 0 Å². The van der Waals surface area contributed by atoms with Crippen molar-refractivity contribution in [2.45, 2.75) is 6.42 Å². The molecule has 9 nitrogen and oxygen atoms in total. The van der Waals surface area contributed by atoms with Gasteiger partial charge in [0.2, 0.25) is 11.8 Å². The van der Waals surface area contributed by atoms with Crippen LogP contribution in [-0.2, 0) is 6.42 Å². The van der Waals surface area contributed by atoms with Crippen LogP contribution in [0.4, 0.5) is 28.8 Å². The third-order valence-corrected chi connectivity index (χ3v) is 3.82. The van der Waals surface area contributed by atoms with Gasteiger partial charge in [-0.05, 0) is 12.1 Å². The molecule has 28 heavy (non-hydrogen) atoms. The van der Waals surface area contributed by atoms with E-state index in [1.54, 1.807) is 24.4 Å². The molecule has 0 unspecified atom stereocenters. The molecule has 9 heteroatoms. The Morgan fingerprint density at radius 1 is 1.18 bits per heavy atom. The summed E-state index contributed by atoms with van der Waals surface area (Å²) >= 11 is 0. The minimum atomic E-state index is -0.418. The number of hydrogen-bond donors (Lipinski definition) is 2. The van der Waals surface area contributed by atoms with Crippen LogP contribution in [-0.4, -0.2) is 28.2 Å². The van der Waals surface area contributed by atoms with Gasteiger partial charge in [0.25, 0.3) is 5.69 Å². The molecule has 1 heterocycles. The molecule has 0 atom stereocenters. The average molecular weight is 378 g/mol. The van der Waals surface area contributed by atoms with E-state index in [-0.39, 0.29) is 23.9 Å². The highest BCUT2D eigenvalue weighted by Gasteiger charge is 2.15. The molecule has 3 rings (SSSR count). The maximum atomic E-state index is 11.1. The van der Waals surface area contributed by atoms with E-state index in [0.29, 0.717) is 17.1 Å². The molecular weight excluding hydrogens is 360 g/mol. The zero-order valence-electron chi connectivity index (χ0n) is 15.1. The van der Waals surface area contributed by atoms with Crippen LogP contribution in [0, 0.1) is 10.1 Å². The summed E-state index contributed by atoms with van der Waals surface area (Å²) in [5, 5.41) is 14.3. The lowest BCUT2D eigenvalue weighted by Gasteiger charge is -2.11. The first kappa shape index (κ1) is 18.8. The molecule has 0 saturated carbocycles. The second-order valence-corrected chi connectivity index (χ2v) is 5.68. The molecule has 0 spiro atoms. The van der Waals surface area contributed by atoms with Crippen LogP contribution in [0.15, 0.2) is 59.6 Å². The van der Waals surface area contributed by atoms with Gasteiger partial charge in [0.05, 0.1) is 12.0 Å². The highest BCUT2D eigenvalue weighted by Crippen LogP contribution is 2.34. The fraction of sp³-hybridized carbons (Fsp3) is 0.105. The Morgan fingerprint density at radius 3 is 2.61 bits per heavy atom. The Morgan fingerprint density at radius 2 is 1.89 bits per heavy atom. The van der Waals surface area contributed by atoms with Crippen LogP contribution in [0.1, 0.15) is 5.56 Å². The minimum absolute atomic E-state index is 0.0351. The van der Waals surface area contributed by atoms with Crippen molar-refractivity contribution in [3.8, 4) is 5.88 Å². The lowest BCUT2D eigenvalue weighted by atomic mass is 10.1. The smallest absolute Gasteiger partial charge is 0.272 e. The van der Waals surface area contributed by atoms with E-state index >= 15 is 0 Å². The van der Waals surface area contributed by atoms with Gasteiger partial charge < -0.3 is 15.8 Å². The highest BCUT2D eigenvalue weighted by molar-refractivity contribution is 5.78. The van der Waals surface area contributed by atoms with E-state index in [9.17, 15) is 10.1 Å². The topological polar surface area (TPSA) is 129 Å². The second kappa shape index (κ2) is 8.58. The zero-order chi connectivity index (χ0) is 19.9. The summed E-state index contributed by atoms with van der Waals surface area (Å²) < 4.78 is 5.28. The average Bonchev–Trinajstić information content (AvgIpc) is 2.70. The van der Waals surface area contributed by atoms with Crippen LogP contribution < -0.4 is 15.8 Å². The number of nitrogens with one attached hydrogen (secondary N) is 1. The van der Waals surface area contributed by atoms with Gasteiger partial charge in [0.15, 0.2) is 11.5 Å². The molecule has 3 aromatic rings. The summed E-state index contributed by atoms with van der Waals surface area (Å²) in [5.41, 5.74) is 7.48. The van der Waals surface area contributed by atoms with Crippen molar-refractivity contribution in [3.05, 3.63) is 70.3 Å². The van der Waals surface area contributed by atoms with E-state index in [1.807, 2.05) is 30.3 Å². The third kappa shape index (κ3) is 4.39. The molecule has 0 bridgehead atoms. The molecule has 0 aliphatic rings. The monoisotopic (exact) mass is 378 g/mol. The fourth-order valence-corrected chi connectivity index (χ4v) is 2.55. The van der Waals surface area contributed by atoms with E-state index < -0.39 is 4.92 Å². The predicted molar refractivity (Wildman–Crippen MR) is 108 cm³/mol. The summed E-state index contributed by atoms with van der Waals surface area (Å²) in [6, 6.07) is 15.9. The van der Waals surface area contributed by atoms with Crippen molar-refractivity contribution in [1.29, 1.82) is 0 Å². The number of ether oxygens (including phenoxy) is 1. The molecule has 0 amide bonds. The van der Waals surface area contributed by atoms with E-state index in [4.69, 9.17) is 10.5 Å². The number of para-hydroxylation sites is 2. The molecule has 0 fully saturated rings. The molecule has 1 aromatic heterocycles. The summed E-state index contributed by atoms with van der Waals surface area (Å²) in [4.78, 5) is 23.4. The quantitative estimate of drug-likeness (QED) is 0.364. The van der Waals surface area contributed by atoms with Gasteiger partial charge in [-0.1, -0.05) is 36.4 Å². The molecule has 0 aliphatic carbocycles. The first-order valence-corrected chi connectivity index (χ1v) is 8.37. The van der Waals surface area contributed by atoms with Gasteiger partial charge >= 0.3 is 0 Å². The van der Waals surface area contributed by atoms with Crippen LogP contribution in [0.3, 0.4) is 0 Å². The largest absolute Gasteiger partial charge is 0.479 e. The van der Waals surface area contributed by atoms with Gasteiger partial charge in [-0.15, -0.1) is 0 Å². The molecule has 0 radical (unpaired) electrons. The number of rotatable bonds is 7. The van der Waals surface area contributed by atoms with Crippen molar-refractivity contribution < 1.29 is 9.66 Å². The van der Waals surface area contributed by atoms with Crippen molar-refractivity contribution in [1.82, 2.24) is 9.97 Å². The molecule has 142 valence electrons. The van der Waals surface area contributed by atoms with Crippen LogP contribution in [0.2, 0.25) is 0 Å². The van der Waals surface area contributed by atoms with Gasteiger partial charge in [-0.25, -0.2) is 0 Å². The number of hydrogen-bond acceptors (Lipinski definition) is 8. The molecule has 3 N–H and O–H groups in total. The van der Waals surface area contributed by atoms with E-state index in [2.05, 4.69) is 20.3 Å². The number of nitro benzene ring substituents is 1. The Balaban J connectivity index is 1.92. The van der Waals surface area contributed by atoms with Crippen molar-refractivity contribution in [3.63, 3.8) is 0 Å². The Bertz CT molecular complexity index is 1010. The number of nitrogens with zero attached hydrogens (tertiary/aromatic N) is 4. The van der Waals surface area contributed by atoms with E-state index in [1.165, 1.54) is 13.2 Å². The van der Waals surface area contributed by atoms with Crippen molar-refractivity contribution in [2.75, 3.05) is 18.2 Å². The molecular formula is C19H18N6O3. The first-order valence-electron chi connectivity index (χ1n) is 8.37. The Kier molecular flexibility index (Phi) is 5.75. The molecule has 0 saturated heterocycles. The van der Waals surface area contributed by atoms with Gasteiger partial charge in [-0.3, -0.25) is 15.1 Å². The number of nitrogens with two attached hydrogens (primary N) is 1. The summed E-state index contributed by atoms with van der Waals surface area (Å²) in [6.45, 7) is 0. The van der Waals surface area contributed by atoms with Crippen LogP contribution >= 0.6 is 0 Å². The Labute approximate surface area is 161 Å². The minimum Gasteiger partial charge on any atom is -0.479 e. The molecule has 0 aliphatic heterocycles. The number of aromatic nitrogens is 2. The van der Waals surface area contributed by atoms with Crippen molar-refractivity contribution >= 4 is 35.0 Å². The zero-order valence-corrected chi connectivity index (χ0v) is 15.1. The number of aliphatic imine (C=N–C) groups is 1. The van der Waals surface area contributed by atoms with E-state index in [0.717, 1.165) is 5.69 Å². The highest BCUT2D eigenvalue weighted by atomic mass is 16.6. The summed E-state index contributed by atoms with van der Waals surface area (Å²) in [5.74, 6) is 0.604. The Hall–Kier alpha value is -4.01. The van der Waals surface area contributed by atoms with Gasteiger partial charge in [0, 0.05) is 30.0 Å².